The predicted octanol–water partition coefficient (Wildman–Crippen LogP) is 7.03. The molecule has 6 heteroatoms. The van der Waals surface area contributed by atoms with Crippen molar-refractivity contribution in [2.45, 2.75) is 36.6 Å². The van der Waals surface area contributed by atoms with Crippen molar-refractivity contribution in [3.8, 4) is 5.75 Å². The maximum absolute atomic E-state index is 11.9. The average Bonchev–Trinajstić information content (AvgIpc) is 3.50. The van der Waals surface area contributed by atoms with Crippen LogP contribution in [0.15, 0.2) is 126 Å². The van der Waals surface area contributed by atoms with Crippen LogP contribution in [0.4, 0.5) is 0 Å². The SMILES string of the molecule is NC(=O)c1cccc(OCCCC(c2cccc(C(=O)O)c2)C2(CC(c3ccccc3)c3ccccc3)C=CC=N2)c1. The summed E-state index contributed by atoms with van der Waals surface area (Å²) < 4.78 is 6.00. The van der Waals surface area contributed by atoms with Crippen LogP contribution in [0.25, 0.3) is 0 Å². The lowest BCUT2D eigenvalue weighted by Crippen LogP contribution is -2.34. The number of carboxylic acid groups (broad SMARTS) is 1. The second-order valence-electron chi connectivity index (χ2n) is 10.6. The minimum atomic E-state index is -0.959. The number of hydrogen-bond acceptors (Lipinski definition) is 4. The van der Waals surface area contributed by atoms with Crippen molar-refractivity contribution in [3.05, 3.63) is 149 Å². The molecule has 5 rings (SSSR count). The Hall–Kier alpha value is -4.97. The summed E-state index contributed by atoms with van der Waals surface area (Å²) in [4.78, 5) is 28.6. The molecule has 0 aromatic heterocycles. The van der Waals surface area contributed by atoms with Crippen molar-refractivity contribution < 1.29 is 19.4 Å². The molecule has 4 aromatic carbocycles. The number of aromatic carboxylic acids is 1. The third kappa shape index (κ3) is 6.66. The second-order valence-corrected chi connectivity index (χ2v) is 10.6. The second kappa shape index (κ2) is 13.1. The van der Waals surface area contributed by atoms with Crippen molar-refractivity contribution >= 4 is 18.1 Å². The molecule has 4 aromatic rings. The summed E-state index contributed by atoms with van der Waals surface area (Å²) in [7, 11) is 0. The molecule has 2 unspecified atom stereocenters. The van der Waals surface area contributed by atoms with Gasteiger partial charge in [0.15, 0.2) is 0 Å². The molecule has 1 amide bonds. The molecule has 0 bridgehead atoms. The van der Waals surface area contributed by atoms with Gasteiger partial charge in [0.2, 0.25) is 5.91 Å². The third-order valence-electron chi connectivity index (χ3n) is 7.88. The van der Waals surface area contributed by atoms with E-state index in [1.54, 1.807) is 42.5 Å². The van der Waals surface area contributed by atoms with Crippen LogP contribution in [-0.4, -0.2) is 35.3 Å². The number of hydrogen-bond donors (Lipinski definition) is 2. The van der Waals surface area contributed by atoms with Crippen LogP contribution in [0.3, 0.4) is 0 Å². The summed E-state index contributed by atoms with van der Waals surface area (Å²) in [6.45, 7) is 0.418. The highest BCUT2D eigenvalue weighted by Gasteiger charge is 2.41. The number of benzene rings is 4. The number of rotatable bonds is 13. The lowest BCUT2D eigenvalue weighted by molar-refractivity contribution is 0.0696. The van der Waals surface area contributed by atoms with Gasteiger partial charge in [-0.15, -0.1) is 0 Å². The number of aliphatic imine (C=N–C) groups is 1. The fourth-order valence-corrected chi connectivity index (χ4v) is 5.84. The topological polar surface area (TPSA) is 102 Å². The van der Waals surface area contributed by atoms with E-state index in [1.165, 1.54) is 11.1 Å². The molecule has 0 saturated heterocycles. The highest BCUT2D eigenvalue weighted by Crippen LogP contribution is 2.46. The summed E-state index contributed by atoms with van der Waals surface area (Å²) >= 11 is 0. The normalized spacial score (nSPS) is 16.4. The lowest BCUT2D eigenvalue weighted by Gasteiger charge is -2.37. The Morgan fingerprint density at radius 1 is 0.810 bits per heavy atom. The predicted molar refractivity (Wildman–Crippen MR) is 166 cm³/mol. The monoisotopic (exact) mass is 558 g/mol. The highest BCUT2D eigenvalue weighted by molar-refractivity contribution is 5.93. The Bertz CT molecular complexity index is 1530. The minimum absolute atomic E-state index is 0.0743. The Labute approximate surface area is 246 Å². The number of nitrogens with two attached hydrogens (primary N) is 1. The van der Waals surface area contributed by atoms with Crippen molar-refractivity contribution in [1.29, 1.82) is 0 Å². The van der Waals surface area contributed by atoms with Crippen molar-refractivity contribution in [1.82, 2.24) is 0 Å². The van der Waals surface area contributed by atoms with Crippen LogP contribution < -0.4 is 10.5 Å². The summed E-state index contributed by atoms with van der Waals surface area (Å²) in [6.07, 6.45) is 8.12. The first-order chi connectivity index (χ1) is 20.4. The lowest BCUT2D eigenvalue weighted by atomic mass is 9.70. The Morgan fingerprint density at radius 3 is 2.07 bits per heavy atom. The Kier molecular flexibility index (Phi) is 8.93. The van der Waals surface area contributed by atoms with Crippen LogP contribution >= 0.6 is 0 Å². The molecule has 0 fully saturated rings. The van der Waals surface area contributed by atoms with Gasteiger partial charge < -0.3 is 15.6 Å². The van der Waals surface area contributed by atoms with E-state index in [1.807, 2.05) is 30.5 Å². The molecule has 1 aliphatic rings. The fourth-order valence-electron chi connectivity index (χ4n) is 5.84. The average molecular weight is 559 g/mol. The van der Waals surface area contributed by atoms with E-state index in [2.05, 4.69) is 54.6 Å². The zero-order valence-electron chi connectivity index (χ0n) is 23.3. The third-order valence-corrected chi connectivity index (χ3v) is 7.88. The molecule has 0 saturated carbocycles. The Morgan fingerprint density at radius 2 is 1.45 bits per heavy atom. The van der Waals surface area contributed by atoms with Gasteiger partial charge in [-0.2, -0.15) is 0 Å². The number of carbonyl (C=O) groups excluding carboxylic acids is 1. The first-order valence-corrected chi connectivity index (χ1v) is 14.1. The van der Waals surface area contributed by atoms with Gasteiger partial charge >= 0.3 is 5.97 Å². The van der Waals surface area contributed by atoms with Crippen molar-refractivity contribution in [3.63, 3.8) is 0 Å². The molecule has 1 aliphatic heterocycles. The standard InChI is InChI=1S/C36H34N2O4/c37-34(39)29-16-8-18-31(24-29)42-22-9-19-33(28-15-7-17-30(23-28)35(40)41)36(20-10-21-38-36)25-32(26-11-3-1-4-12-26)27-13-5-2-6-14-27/h1-8,10-18,20-21,23-24,32-33H,9,19,22,25H2,(H2,37,39)(H,40,41). The van der Waals surface area contributed by atoms with Crippen LogP contribution in [-0.2, 0) is 0 Å². The van der Waals surface area contributed by atoms with Gasteiger partial charge in [0.1, 0.15) is 5.75 Å². The van der Waals surface area contributed by atoms with E-state index in [4.69, 9.17) is 15.5 Å². The van der Waals surface area contributed by atoms with Crippen molar-refractivity contribution in [2.75, 3.05) is 6.61 Å². The number of nitrogens with zero attached hydrogens (tertiary/aromatic N) is 1. The molecular weight excluding hydrogens is 524 g/mol. The van der Waals surface area contributed by atoms with Crippen molar-refractivity contribution in [2.24, 2.45) is 10.7 Å². The zero-order valence-corrected chi connectivity index (χ0v) is 23.3. The number of ether oxygens (including phenoxy) is 1. The van der Waals surface area contributed by atoms with E-state index in [-0.39, 0.29) is 17.4 Å². The Balaban J connectivity index is 1.47. The van der Waals surface area contributed by atoms with Gasteiger partial charge in [0.25, 0.3) is 0 Å². The molecule has 6 nitrogen and oxygen atoms in total. The van der Waals surface area contributed by atoms with Gasteiger partial charge in [-0.05, 0) is 72.4 Å². The van der Waals surface area contributed by atoms with E-state index < -0.39 is 17.4 Å². The number of amides is 1. The van der Waals surface area contributed by atoms with Crippen LogP contribution in [0, 0.1) is 0 Å². The zero-order chi connectivity index (χ0) is 29.4. The van der Waals surface area contributed by atoms with Crippen LogP contribution in [0.2, 0.25) is 0 Å². The van der Waals surface area contributed by atoms with Gasteiger partial charge in [0.05, 0.1) is 17.7 Å². The minimum Gasteiger partial charge on any atom is -0.494 e. The summed E-state index contributed by atoms with van der Waals surface area (Å²) in [6, 6.07) is 34.9. The molecule has 0 spiro atoms. The molecule has 0 aliphatic carbocycles. The van der Waals surface area contributed by atoms with Gasteiger partial charge in [-0.1, -0.05) is 84.9 Å². The van der Waals surface area contributed by atoms with Crippen LogP contribution in [0.5, 0.6) is 5.75 Å². The molecule has 0 radical (unpaired) electrons. The van der Waals surface area contributed by atoms with E-state index in [0.717, 1.165) is 5.56 Å². The van der Waals surface area contributed by atoms with Gasteiger partial charge in [-0.25, -0.2) is 4.79 Å². The molecule has 3 N–H and O–H groups in total. The highest BCUT2D eigenvalue weighted by atomic mass is 16.5. The maximum Gasteiger partial charge on any atom is 0.335 e. The van der Waals surface area contributed by atoms with Gasteiger partial charge in [-0.3, -0.25) is 9.79 Å². The number of primary amides is 1. The molecule has 1 heterocycles. The first-order valence-electron chi connectivity index (χ1n) is 14.1. The molecule has 42 heavy (non-hydrogen) atoms. The summed E-state index contributed by atoms with van der Waals surface area (Å²) in [5.41, 5.74) is 8.81. The molecular formula is C36H34N2O4. The van der Waals surface area contributed by atoms with Gasteiger partial charge in [0, 0.05) is 23.6 Å². The van der Waals surface area contributed by atoms with E-state index >= 15 is 0 Å². The number of carbonyl (C=O) groups is 2. The molecule has 212 valence electrons. The molecule has 2 atom stereocenters. The van der Waals surface area contributed by atoms with E-state index in [9.17, 15) is 14.7 Å². The number of carboxylic acids is 1. The largest absolute Gasteiger partial charge is 0.494 e. The maximum atomic E-state index is 11.9. The number of allylic oxidation sites excluding steroid dienone is 1. The van der Waals surface area contributed by atoms with Crippen LogP contribution in [0.1, 0.15) is 68.5 Å². The summed E-state index contributed by atoms with van der Waals surface area (Å²) in [5.74, 6) is -0.915. The van der Waals surface area contributed by atoms with E-state index in [0.29, 0.717) is 37.2 Å². The smallest absolute Gasteiger partial charge is 0.335 e. The quantitative estimate of drug-likeness (QED) is 0.172. The summed E-state index contributed by atoms with van der Waals surface area (Å²) in [5, 5.41) is 9.77. The first kappa shape index (κ1) is 28.6. The fraction of sp³-hybridized carbons (Fsp3) is 0.194.